The predicted molar refractivity (Wildman–Crippen MR) is 65.4 cm³/mol. The summed E-state index contributed by atoms with van der Waals surface area (Å²) in [5.74, 6) is 0.965. The molecule has 0 aromatic carbocycles. The van der Waals surface area contributed by atoms with Crippen molar-refractivity contribution < 1.29 is 9.21 Å². The van der Waals surface area contributed by atoms with Gasteiger partial charge >= 0.3 is 0 Å². The second-order valence-electron chi connectivity index (χ2n) is 3.75. The fourth-order valence-corrected chi connectivity index (χ4v) is 2.11. The lowest BCUT2D eigenvalue weighted by atomic mass is 10.0. The van der Waals surface area contributed by atoms with Crippen LogP contribution in [0.5, 0.6) is 0 Å². The van der Waals surface area contributed by atoms with Crippen LogP contribution in [0.3, 0.4) is 0 Å². The second-order valence-corrected chi connectivity index (χ2v) is 4.28. The molecule has 3 nitrogen and oxygen atoms in total. The molecular formula is C11H15Cl2NO2. The first-order chi connectivity index (χ1) is 7.58. The van der Waals surface area contributed by atoms with Gasteiger partial charge in [0.15, 0.2) is 0 Å². The van der Waals surface area contributed by atoms with Crippen molar-refractivity contribution in [3.63, 3.8) is 0 Å². The number of furan rings is 1. The zero-order valence-electron chi connectivity index (χ0n) is 9.35. The molecule has 1 heterocycles. The summed E-state index contributed by atoms with van der Waals surface area (Å²) in [6.45, 7) is 3.68. The first-order valence-electron chi connectivity index (χ1n) is 5.07. The van der Waals surface area contributed by atoms with Crippen molar-refractivity contribution in [1.29, 1.82) is 0 Å². The minimum absolute atomic E-state index is 0.200. The highest BCUT2D eigenvalue weighted by atomic mass is 35.5. The molecule has 1 N–H and O–H groups in total. The minimum atomic E-state index is -0.552. The van der Waals surface area contributed by atoms with Crippen molar-refractivity contribution in [1.82, 2.24) is 5.32 Å². The van der Waals surface area contributed by atoms with E-state index in [4.69, 9.17) is 27.6 Å². The third-order valence-electron chi connectivity index (χ3n) is 2.67. The van der Waals surface area contributed by atoms with Gasteiger partial charge in [0.2, 0.25) is 0 Å². The predicted octanol–water partition coefficient (Wildman–Crippen LogP) is 2.94. The molecule has 1 rings (SSSR count). The number of hydrogen-bond acceptors (Lipinski definition) is 2. The van der Waals surface area contributed by atoms with E-state index in [1.54, 1.807) is 13.0 Å². The Balaban J connectivity index is 2.81. The second kappa shape index (κ2) is 5.60. The van der Waals surface area contributed by atoms with Crippen LogP contribution in [-0.2, 0) is 0 Å². The minimum Gasteiger partial charge on any atom is -0.469 e. The van der Waals surface area contributed by atoms with Gasteiger partial charge in [-0.25, -0.2) is 0 Å². The van der Waals surface area contributed by atoms with E-state index in [2.05, 4.69) is 5.32 Å². The van der Waals surface area contributed by atoms with Gasteiger partial charge in [-0.15, -0.1) is 23.2 Å². The van der Waals surface area contributed by atoms with Crippen LogP contribution < -0.4 is 5.32 Å². The smallest absolute Gasteiger partial charge is 0.255 e. The Kier molecular flexibility index (Phi) is 4.69. The van der Waals surface area contributed by atoms with Gasteiger partial charge in [-0.3, -0.25) is 4.79 Å². The number of hydrogen-bond donors (Lipinski definition) is 1. The molecule has 0 atom stereocenters. The molecule has 0 radical (unpaired) electrons. The molecule has 0 saturated carbocycles. The summed E-state index contributed by atoms with van der Waals surface area (Å²) in [7, 11) is 0. The summed E-state index contributed by atoms with van der Waals surface area (Å²) in [5.41, 5.74) is -0.0303. The lowest BCUT2D eigenvalue weighted by Crippen LogP contribution is -2.51. The summed E-state index contributed by atoms with van der Waals surface area (Å²) >= 11 is 11.7. The van der Waals surface area contributed by atoms with Crippen LogP contribution in [0, 0.1) is 6.92 Å². The van der Waals surface area contributed by atoms with E-state index >= 15 is 0 Å². The summed E-state index contributed by atoms with van der Waals surface area (Å²) in [6, 6.07) is 1.63. The Bertz CT molecular complexity index is 350. The van der Waals surface area contributed by atoms with E-state index in [1.807, 2.05) is 6.92 Å². The molecular weight excluding hydrogens is 249 g/mol. The largest absolute Gasteiger partial charge is 0.469 e. The van der Waals surface area contributed by atoms with Gasteiger partial charge in [0, 0.05) is 11.8 Å². The van der Waals surface area contributed by atoms with Crippen molar-refractivity contribution in [3.05, 3.63) is 23.7 Å². The SMILES string of the molecule is CCC(CCl)(CCl)NC(=O)c1ccoc1C. The van der Waals surface area contributed by atoms with Crippen molar-refractivity contribution in [3.8, 4) is 0 Å². The number of halogens is 2. The number of carbonyl (C=O) groups is 1. The van der Waals surface area contributed by atoms with Crippen LogP contribution in [0.15, 0.2) is 16.7 Å². The number of nitrogens with one attached hydrogen (secondary N) is 1. The first kappa shape index (κ1) is 13.4. The standard InChI is InChI=1S/C11H15Cl2NO2/c1-3-11(6-12,7-13)14-10(15)9-4-5-16-8(9)2/h4-5H,3,6-7H2,1-2H3,(H,14,15). The van der Waals surface area contributed by atoms with Crippen LogP contribution in [0.2, 0.25) is 0 Å². The topological polar surface area (TPSA) is 42.2 Å². The van der Waals surface area contributed by atoms with Gasteiger partial charge in [-0.2, -0.15) is 0 Å². The Labute approximate surface area is 105 Å². The Morgan fingerprint density at radius 3 is 2.50 bits per heavy atom. The number of amides is 1. The molecule has 0 saturated heterocycles. The highest BCUT2D eigenvalue weighted by Crippen LogP contribution is 2.17. The number of alkyl halides is 2. The molecule has 0 fully saturated rings. The van der Waals surface area contributed by atoms with Crippen molar-refractivity contribution in [2.24, 2.45) is 0 Å². The zero-order chi connectivity index (χ0) is 12.2. The highest BCUT2D eigenvalue weighted by molar-refractivity contribution is 6.22. The van der Waals surface area contributed by atoms with Crippen molar-refractivity contribution >= 4 is 29.1 Å². The molecule has 0 unspecified atom stereocenters. The molecule has 0 aliphatic carbocycles. The fraction of sp³-hybridized carbons (Fsp3) is 0.545. The van der Waals surface area contributed by atoms with E-state index in [-0.39, 0.29) is 17.7 Å². The molecule has 1 amide bonds. The third kappa shape index (κ3) is 2.71. The van der Waals surface area contributed by atoms with E-state index in [9.17, 15) is 4.79 Å². The van der Waals surface area contributed by atoms with Gasteiger partial charge in [0.1, 0.15) is 5.76 Å². The van der Waals surface area contributed by atoms with Gasteiger partial charge in [-0.1, -0.05) is 6.92 Å². The Morgan fingerprint density at radius 2 is 2.12 bits per heavy atom. The summed E-state index contributed by atoms with van der Waals surface area (Å²) < 4.78 is 5.07. The monoisotopic (exact) mass is 263 g/mol. The summed E-state index contributed by atoms with van der Waals surface area (Å²) in [4.78, 5) is 11.9. The average molecular weight is 264 g/mol. The van der Waals surface area contributed by atoms with Gasteiger partial charge in [0.25, 0.3) is 5.91 Å². The molecule has 0 spiro atoms. The molecule has 0 aliphatic rings. The molecule has 0 aliphatic heterocycles. The third-order valence-corrected chi connectivity index (χ3v) is 3.69. The Hall–Kier alpha value is -0.670. The maximum absolute atomic E-state index is 11.9. The maximum atomic E-state index is 11.9. The van der Waals surface area contributed by atoms with Crippen LogP contribution in [-0.4, -0.2) is 23.2 Å². The van der Waals surface area contributed by atoms with Crippen molar-refractivity contribution in [2.75, 3.05) is 11.8 Å². The van der Waals surface area contributed by atoms with Crippen LogP contribution in [0.4, 0.5) is 0 Å². The summed E-state index contributed by atoms with van der Waals surface area (Å²) in [5, 5.41) is 2.86. The fourth-order valence-electron chi connectivity index (χ4n) is 1.31. The number of carbonyl (C=O) groups excluding carboxylic acids is 1. The van der Waals surface area contributed by atoms with Crippen LogP contribution in [0.1, 0.15) is 29.5 Å². The lowest BCUT2D eigenvalue weighted by molar-refractivity contribution is 0.0912. The molecule has 1 aromatic rings. The lowest BCUT2D eigenvalue weighted by Gasteiger charge is -2.29. The van der Waals surface area contributed by atoms with Crippen molar-refractivity contribution in [2.45, 2.75) is 25.8 Å². The van der Waals surface area contributed by atoms with E-state index < -0.39 is 5.54 Å². The molecule has 1 aromatic heterocycles. The number of aryl methyl sites for hydroxylation is 1. The van der Waals surface area contributed by atoms with Gasteiger partial charge < -0.3 is 9.73 Å². The normalized spacial score (nSPS) is 11.5. The molecule has 5 heteroatoms. The maximum Gasteiger partial charge on any atom is 0.255 e. The highest BCUT2D eigenvalue weighted by Gasteiger charge is 2.29. The van der Waals surface area contributed by atoms with Crippen LogP contribution >= 0.6 is 23.2 Å². The average Bonchev–Trinajstić information content (AvgIpc) is 2.72. The van der Waals surface area contributed by atoms with Gasteiger partial charge in [-0.05, 0) is 19.4 Å². The zero-order valence-corrected chi connectivity index (χ0v) is 10.9. The molecule has 90 valence electrons. The van der Waals surface area contributed by atoms with Gasteiger partial charge in [0.05, 0.1) is 17.4 Å². The van der Waals surface area contributed by atoms with E-state index in [0.717, 1.165) is 0 Å². The first-order valence-corrected chi connectivity index (χ1v) is 6.14. The summed E-state index contributed by atoms with van der Waals surface area (Å²) in [6.07, 6.45) is 2.17. The molecule has 16 heavy (non-hydrogen) atoms. The number of rotatable bonds is 5. The Morgan fingerprint density at radius 1 is 1.50 bits per heavy atom. The van der Waals surface area contributed by atoms with E-state index in [1.165, 1.54) is 6.26 Å². The van der Waals surface area contributed by atoms with E-state index in [0.29, 0.717) is 17.7 Å². The quantitative estimate of drug-likeness (QED) is 0.831. The van der Waals surface area contributed by atoms with Crippen LogP contribution in [0.25, 0.3) is 0 Å². The molecule has 0 bridgehead atoms.